The second-order valence-corrected chi connectivity index (χ2v) is 8.49. The maximum absolute atomic E-state index is 12.2. The molecule has 3 rings (SSSR count). The topological polar surface area (TPSA) is 53.1 Å². The molecule has 0 saturated carbocycles. The SMILES string of the molecule is CC(=O)c1ccc(N2CC[C@@H](N3CCN(C(=O)OC(C)(C)C)CC3)C2)cc1. The smallest absolute Gasteiger partial charge is 0.410 e. The van der Waals surface area contributed by atoms with Crippen molar-refractivity contribution >= 4 is 17.6 Å². The molecule has 0 unspecified atom stereocenters. The number of ether oxygens (including phenoxy) is 1. The van der Waals surface area contributed by atoms with Crippen molar-refractivity contribution in [3.05, 3.63) is 29.8 Å². The van der Waals surface area contributed by atoms with Gasteiger partial charge in [0.25, 0.3) is 0 Å². The lowest BCUT2D eigenvalue weighted by atomic mass is 10.1. The van der Waals surface area contributed by atoms with E-state index < -0.39 is 5.60 Å². The minimum absolute atomic E-state index is 0.101. The monoisotopic (exact) mass is 373 g/mol. The molecule has 27 heavy (non-hydrogen) atoms. The van der Waals surface area contributed by atoms with Crippen LogP contribution in [0.4, 0.5) is 10.5 Å². The number of carbonyl (C=O) groups is 2. The van der Waals surface area contributed by atoms with Crippen molar-refractivity contribution in [3.8, 4) is 0 Å². The Balaban J connectivity index is 1.50. The Morgan fingerprint density at radius 1 is 1.00 bits per heavy atom. The minimum Gasteiger partial charge on any atom is -0.444 e. The summed E-state index contributed by atoms with van der Waals surface area (Å²) in [4.78, 5) is 30.3. The average Bonchev–Trinajstić information content (AvgIpc) is 3.10. The van der Waals surface area contributed by atoms with E-state index in [1.807, 2.05) is 49.9 Å². The molecule has 0 radical (unpaired) electrons. The molecule has 2 saturated heterocycles. The van der Waals surface area contributed by atoms with Gasteiger partial charge in [0.1, 0.15) is 5.60 Å². The molecule has 0 N–H and O–H groups in total. The van der Waals surface area contributed by atoms with Gasteiger partial charge < -0.3 is 14.5 Å². The fraction of sp³-hybridized carbons (Fsp3) is 0.619. The van der Waals surface area contributed by atoms with Gasteiger partial charge in [-0.2, -0.15) is 0 Å². The molecule has 2 fully saturated rings. The second-order valence-electron chi connectivity index (χ2n) is 8.49. The van der Waals surface area contributed by atoms with E-state index in [1.165, 1.54) is 5.69 Å². The van der Waals surface area contributed by atoms with E-state index >= 15 is 0 Å². The quantitative estimate of drug-likeness (QED) is 0.763. The molecule has 1 atom stereocenters. The second kappa shape index (κ2) is 7.89. The van der Waals surface area contributed by atoms with Crippen LogP contribution in [0.15, 0.2) is 24.3 Å². The van der Waals surface area contributed by atoms with Crippen LogP contribution in [0.3, 0.4) is 0 Å². The van der Waals surface area contributed by atoms with Crippen molar-refractivity contribution in [1.82, 2.24) is 9.80 Å². The third-order valence-electron chi connectivity index (χ3n) is 5.28. The van der Waals surface area contributed by atoms with E-state index in [0.717, 1.165) is 51.3 Å². The van der Waals surface area contributed by atoms with E-state index in [9.17, 15) is 9.59 Å². The summed E-state index contributed by atoms with van der Waals surface area (Å²) in [6, 6.07) is 8.41. The number of piperazine rings is 1. The molecule has 2 heterocycles. The third-order valence-corrected chi connectivity index (χ3v) is 5.28. The Kier molecular flexibility index (Phi) is 5.75. The van der Waals surface area contributed by atoms with Crippen molar-refractivity contribution in [3.63, 3.8) is 0 Å². The molecule has 0 aromatic heterocycles. The zero-order valence-corrected chi connectivity index (χ0v) is 16.9. The van der Waals surface area contributed by atoms with Crippen LogP contribution in [0.2, 0.25) is 0 Å². The van der Waals surface area contributed by atoms with Gasteiger partial charge in [-0.15, -0.1) is 0 Å². The highest BCUT2D eigenvalue weighted by molar-refractivity contribution is 5.94. The van der Waals surface area contributed by atoms with Crippen molar-refractivity contribution in [2.45, 2.75) is 45.8 Å². The zero-order valence-electron chi connectivity index (χ0n) is 16.9. The molecule has 148 valence electrons. The van der Waals surface area contributed by atoms with Gasteiger partial charge in [-0.05, 0) is 58.4 Å². The minimum atomic E-state index is -0.446. The number of hydrogen-bond donors (Lipinski definition) is 0. The molecule has 1 amide bonds. The standard InChI is InChI=1S/C21H31N3O3/c1-16(25)17-5-7-18(8-6-17)24-10-9-19(15-24)22-11-13-23(14-12-22)20(26)27-21(2,3)4/h5-8,19H,9-15H2,1-4H3/t19-/m1/s1. The van der Waals surface area contributed by atoms with Crippen molar-refractivity contribution < 1.29 is 14.3 Å². The highest BCUT2D eigenvalue weighted by Gasteiger charge is 2.32. The maximum Gasteiger partial charge on any atom is 0.410 e. The molecule has 6 nitrogen and oxygen atoms in total. The third kappa shape index (κ3) is 5.01. The summed E-state index contributed by atoms with van der Waals surface area (Å²) in [6.45, 7) is 12.5. The Bertz CT molecular complexity index is 673. The predicted octanol–water partition coefficient (Wildman–Crippen LogP) is 3.02. The van der Waals surface area contributed by atoms with Gasteiger partial charge in [0, 0.05) is 56.6 Å². The van der Waals surface area contributed by atoms with Crippen LogP contribution in [0.5, 0.6) is 0 Å². The van der Waals surface area contributed by atoms with Crippen LogP contribution in [0.1, 0.15) is 44.5 Å². The number of carbonyl (C=O) groups excluding carboxylic acids is 2. The predicted molar refractivity (Wildman–Crippen MR) is 106 cm³/mol. The van der Waals surface area contributed by atoms with Crippen molar-refractivity contribution in [2.24, 2.45) is 0 Å². The van der Waals surface area contributed by atoms with E-state index in [4.69, 9.17) is 4.74 Å². The van der Waals surface area contributed by atoms with Gasteiger partial charge in [-0.1, -0.05) is 0 Å². The molecule has 1 aromatic rings. The van der Waals surface area contributed by atoms with Crippen LogP contribution in [-0.4, -0.2) is 72.6 Å². The van der Waals surface area contributed by atoms with Crippen LogP contribution < -0.4 is 4.90 Å². The largest absolute Gasteiger partial charge is 0.444 e. The first-order valence-electron chi connectivity index (χ1n) is 9.81. The number of nitrogens with zero attached hydrogens (tertiary/aromatic N) is 3. The van der Waals surface area contributed by atoms with Crippen molar-refractivity contribution in [2.75, 3.05) is 44.2 Å². The Hall–Kier alpha value is -2.08. The number of anilines is 1. The van der Waals surface area contributed by atoms with Crippen LogP contribution in [0, 0.1) is 0 Å². The van der Waals surface area contributed by atoms with Crippen LogP contribution >= 0.6 is 0 Å². The fourth-order valence-electron chi connectivity index (χ4n) is 3.78. The first kappa shape index (κ1) is 19.7. The van der Waals surface area contributed by atoms with E-state index in [1.54, 1.807) is 6.92 Å². The van der Waals surface area contributed by atoms with Crippen LogP contribution in [-0.2, 0) is 4.74 Å². The molecule has 0 aliphatic carbocycles. The average molecular weight is 373 g/mol. The molecular weight excluding hydrogens is 342 g/mol. The summed E-state index contributed by atoms with van der Waals surface area (Å²) in [6.07, 6.45) is 0.918. The van der Waals surface area contributed by atoms with Gasteiger partial charge in [0.2, 0.25) is 0 Å². The highest BCUT2D eigenvalue weighted by atomic mass is 16.6. The highest BCUT2D eigenvalue weighted by Crippen LogP contribution is 2.24. The van der Waals surface area contributed by atoms with Crippen molar-refractivity contribution in [1.29, 1.82) is 0 Å². The molecule has 2 aliphatic rings. The van der Waals surface area contributed by atoms with Gasteiger partial charge in [0.05, 0.1) is 0 Å². The summed E-state index contributed by atoms with van der Waals surface area (Å²) in [5.74, 6) is 0.101. The number of rotatable bonds is 3. The van der Waals surface area contributed by atoms with E-state index in [2.05, 4.69) is 9.80 Å². The normalized spacial score (nSPS) is 21.4. The maximum atomic E-state index is 12.2. The van der Waals surface area contributed by atoms with Gasteiger partial charge in [0.15, 0.2) is 5.78 Å². The molecule has 6 heteroatoms. The number of benzene rings is 1. The Labute approximate surface area is 162 Å². The summed E-state index contributed by atoms with van der Waals surface area (Å²) in [5.41, 5.74) is 1.49. The Morgan fingerprint density at radius 2 is 1.63 bits per heavy atom. The van der Waals surface area contributed by atoms with E-state index in [-0.39, 0.29) is 11.9 Å². The van der Waals surface area contributed by atoms with Gasteiger partial charge in [-0.3, -0.25) is 9.69 Å². The molecule has 1 aromatic carbocycles. The molecular formula is C21H31N3O3. The number of hydrogen-bond acceptors (Lipinski definition) is 5. The summed E-state index contributed by atoms with van der Waals surface area (Å²) in [7, 11) is 0. The lowest BCUT2D eigenvalue weighted by Crippen LogP contribution is -2.53. The summed E-state index contributed by atoms with van der Waals surface area (Å²) >= 11 is 0. The van der Waals surface area contributed by atoms with Crippen LogP contribution in [0.25, 0.3) is 0 Å². The molecule has 0 spiro atoms. The van der Waals surface area contributed by atoms with Gasteiger partial charge >= 0.3 is 6.09 Å². The lowest BCUT2D eigenvalue weighted by molar-refractivity contribution is 0.0112. The van der Waals surface area contributed by atoms with E-state index in [0.29, 0.717) is 6.04 Å². The number of amides is 1. The first-order chi connectivity index (χ1) is 12.7. The Morgan fingerprint density at radius 3 is 2.19 bits per heavy atom. The molecule has 2 aliphatic heterocycles. The fourth-order valence-corrected chi connectivity index (χ4v) is 3.78. The first-order valence-corrected chi connectivity index (χ1v) is 9.81. The molecule has 0 bridgehead atoms. The number of ketones is 1. The summed E-state index contributed by atoms with van der Waals surface area (Å²) < 4.78 is 5.48. The summed E-state index contributed by atoms with van der Waals surface area (Å²) in [5, 5.41) is 0. The lowest BCUT2D eigenvalue weighted by Gasteiger charge is -2.38. The number of Topliss-reactive ketones (excluding diaryl/α,β-unsaturated/α-hetero) is 1. The zero-order chi connectivity index (χ0) is 19.6. The van der Waals surface area contributed by atoms with Gasteiger partial charge in [-0.25, -0.2) is 4.79 Å².